The zero-order valence-electron chi connectivity index (χ0n) is 11.7. The number of ether oxygens (including phenoxy) is 2. The topological polar surface area (TPSA) is 58.9 Å². The van der Waals surface area contributed by atoms with Gasteiger partial charge in [0.1, 0.15) is 11.5 Å². The summed E-state index contributed by atoms with van der Waals surface area (Å²) in [5, 5.41) is 18.0. The summed E-state index contributed by atoms with van der Waals surface area (Å²) in [5.74, 6) is 2.37. The second-order valence-electron chi connectivity index (χ2n) is 4.29. The van der Waals surface area contributed by atoms with E-state index in [1.54, 1.807) is 43.1 Å². The maximum absolute atomic E-state index is 9.00. The molecule has 0 saturated carbocycles. The number of rotatable bonds is 7. The summed E-state index contributed by atoms with van der Waals surface area (Å²) in [5.41, 5.74) is 0.450. The van der Waals surface area contributed by atoms with E-state index in [1.165, 1.54) is 0 Å². The molecule has 0 radical (unpaired) electrons. The molecular formula is C15H17BO4S. The lowest BCUT2D eigenvalue weighted by Gasteiger charge is -2.09. The summed E-state index contributed by atoms with van der Waals surface area (Å²) >= 11 is 1.67. The highest BCUT2D eigenvalue weighted by atomic mass is 32.2. The molecule has 0 unspecified atom stereocenters. The van der Waals surface area contributed by atoms with E-state index in [9.17, 15) is 0 Å². The summed E-state index contributed by atoms with van der Waals surface area (Å²) in [6.07, 6.45) is 0. The van der Waals surface area contributed by atoms with Crippen molar-refractivity contribution in [2.24, 2.45) is 0 Å². The Morgan fingerprint density at radius 3 is 2.43 bits per heavy atom. The summed E-state index contributed by atoms with van der Waals surface area (Å²) < 4.78 is 10.9. The van der Waals surface area contributed by atoms with Crippen molar-refractivity contribution in [3.8, 4) is 11.5 Å². The van der Waals surface area contributed by atoms with Crippen molar-refractivity contribution < 1.29 is 19.5 Å². The highest BCUT2D eigenvalue weighted by Crippen LogP contribution is 2.28. The van der Waals surface area contributed by atoms with Crippen LogP contribution in [0, 0.1) is 0 Å². The van der Waals surface area contributed by atoms with E-state index in [1.807, 2.05) is 24.3 Å². The molecule has 0 spiro atoms. The molecule has 6 heteroatoms. The van der Waals surface area contributed by atoms with Gasteiger partial charge in [-0.1, -0.05) is 24.3 Å². The third-order valence-corrected chi connectivity index (χ3v) is 3.88. The van der Waals surface area contributed by atoms with E-state index in [4.69, 9.17) is 19.5 Å². The van der Waals surface area contributed by atoms with Gasteiger partial charge in [-0.05, 0) is 29.7 Å². The highest BCUT2D eigenvalue weighted by Gasteiger charge is 2.09. The van der Waals surface area contributed by atoms with Gasteiger partial charge in [-0.3, -0.25) is 0 Å². The smallest absolute Gasteiger partial charge is 0.488 e. The van der Waals surface area contributed by atoms with Crippen LogP contribution in [0.1, 0.15) is 0 Å². The molecule has 2 N–H and O–H groups in total. The van der Waals surface area contributed by atoms with E-state index < -0.39 is 7.12 Å². The second-order valence-corrected chi connectivity index (χ2v) is 5.43. The Labute approximate surface area is 128 Å². The zero-order chi connectivity index (χ0) is 15.1. The minimum Gasteiger partial charge on any atom is -0.496 e. The minimum absolute atomic E-state index is 0.450. The van der Waals surface area contributed by atoms with E-state index in [0.29, 0.717) is 17.8 Å². The molecule has 0 heterocycles. The van der Waals surface area contributed by atoms with Crippen molar-refractivity contribution in [2.45, 2.75) is 4.90 Å². The molecule has 0 aliphatic rings. The fraction of sp³-hybridized carbons (Fsp3) is 0.200. The van der Waals surface area contributed by atoms with E-state index in [-0.39, 0.29) is 0 Å². The number of hydrogen-bond donors (Lipinski definition) is 2. The van der Waals surface area contributed by atoms with Gasteiger partial charge in [0.15, 0.2) is 0 Å². The Morgan fingerprint density at radius 2 is 1.76 bits per heavy atom. The number of hydrogen-bond acceptors (Lipinski definition) is 5. The van der Waals surface area contributed by atoms with Crippen molar-refractivity contribution in [1.82, 2.24) is 0 Å². The average Bonchev–Trinajstić information content (AvgIpc) is 2.52. The van der Waals surface area contributed by atoms with Crippen LogP contribution in [0.5, 0.6) is 11.5 Å². The van der Waals surface area contributed by atoms with Crippen molar-refractivity contribution in [3.05, 3.63) is 48.5 Å². The molecule has 0 bridgehead atoms. The van der Waals surface area contributed by atoms with Crippen LogP contribution < -0.4 is 14.9 Å². The first-order valence-electron chi connectivity index (χ1n) is 6.55. The Morgan fingerprint density at radius 1 is 1.05 bits per heavy atom. The van der Waals surface area contributed by atoms with Crippen LogP contribution in [-0.2, 0) is 0 Å². The minimum atomic E-state index is -1.44. The first-order valence-corrected chi connectivity index (χ1v) is 7.54. The normalized spacial score (nSPS) is 10.2. The molecule has 0 aromatic heterocycles. The molecule has 0 atom stereocenters. The lowest BCUT2D eigenvalue weighted by molar-refractivity contribution is 0.344. The first-order chi connectivity index (χ1) is 10.2. The Hall–Kier alpha value is -1.63. The monoisotopic (exact) mass is 304 g/mol. The first kappa shape index (κ1) is 15.8. The highest BCUT2D eigenvalue weighted by molar-refractivity contribution is 7.99. The van der Waals surface area contributed by atoms with Gasteiger partial charge in [-0.2, -0.15) is 0 Å². The zero-order valence-corrected chi connectivity index (χ0v) is 12.5. The van der Waals surface area contributed by atoms with Gasteiger partial charge in [0.2, 0.25) is 0 Å². The molecule has 0 saturated heterocycles. The summed E-state index contributed by atoms with van der Waals surface area (Å²) in [6.45, 7) is 0.559. The van der Waals surface area contributed by atoms with Gasteiger partial charge in [0.25, 0.3) is 0 Å². The molecule has 2 aromatic carbocycles. The predicted molar refractivity (Wildman–Crippen MR) is 85.5 cm³/mol. The lowest BCUT2D eigenvalue weighted by Crippen LogP contribution is -2.29. The van der Waals surface area contributed by atoms with Crippen LogP contribution in [0.3, 0.4) is 0 Å². The molecule has 0 aliphatic carbocycles. The van der Waals surface area contributed by atoms with Gasteiger partial charge < -0.3 is 19.5 Å². The molecule has 2 aromatic rings. The lowest BCUT2D eigenvalue weighted by atomic mass is 9.80. The Kier molecular flexibility index (Phi) is 5.98. The van der Waals surface area contributed by atoms with Crippen LogP contribution >= 0.6 is 11.8 Å². The fourth-order valence-corrected chi connectivity index (χ4v) is 2.64. The summed E-state index contributed by atoms with van der Waals surface area (Å²) in [4.78, 5) is 1.09. The van der Waals surface area contributed by atoms with E-state index in [0.717, 1.165) is 16.4 Å². The second kappa shape index (κ2) is 7.97. The van der Waals surface area contributed by atoms with Gasteiger partial charge in [-0.15, -0.1) is 11.8 Å². The molecule has 4 nitrogen and oxygen atoms in total. The van der Waals surface area contributed by atoms with E-state index in [2.05, 4.69) is 0 Å². The van der Waals surface area contributed by atoms with Crippen LogP contribution in [0.4, 0.5) is 0 Å². The van der Waals surface area contributed by atoms with Crippen LogP contribution in [0.25, 0.3) is 0 Å². The van der Waals surface area contributed by atoms with Crippen molar-refractivity contribution in [3.63, 3.8) is 0 Å². The van der Waals surface area contributed by atoms with Crippen LogP contribution in [0.2, 0.25) is 0 Å². The largest absolute Gasteiger partial charge is 0.496 e. The maximum Gasteiger partial charge on any atom is 0.488 e. The third-order valence-electron chi connectivity index (χ3n) is 2.86. The van der Waals surface area contributed by atoms with Gasteiger partial charge >= 0.3 is 7.12 Å². The molecule has 2 rings (SSSR count). The Bertz CT molecular complexity index is 560. The number of thioether (sulfide) groups is 1. The summed E-state index contributed by atoms with van der Waals surface area (Å²) in [7, 11) is 0.215. The van der Waals surface area contributed by atoms with E-state index >= 15 is 0 Å². The molecule has 0 fully saturated rings. The average molecular weight is 304 g/mol. The molecule has 0 amide bonds. The molecular weight excluding hydrogens is 287 g/mol. The van der Waals surface area contributed by atoms with Crippen molar-refractivity contribution >= 4 is 24.3 Å². The standard InChI is InChI=1S/C15H17BO4S/c1-19-14-4-2-3-5-15(14)21-11-10-20-13-8-6-12(7-9-13)16(17)18/h2-9,17-18H,10-11H2,1H3. The number of benzene rings is 2. The fourth-order valence-electron chi connectivity index (χ4n) is 1.79. The third kappa shape index (κ3) is 4.70. The van der Waals surface area contributed by atoms with Crippen molar-refractivity contribution in [2.75, 3.05) is 19.5 Å². The van der Waals surface area contributed by atoms with Gasteiger partial charge in [-0.25, -0.2) is 0 Å². The molecule has 21 heavy (non-hydrogen) atoms. The van der Waals surface area contributed by atoms with Crippen molar-refractivity contribution in [1.29, 1.82) is 0 Å². The summed E-state index contributed by atoms with van der Waals surface area (Å²) in [6, 6.07) is 14.6. The molecule has 0 aliphatic heterocycles. The molecule has 110 valence electrons. The number of methoxy groups -OCH3 is 1. The van der Waals surface area contributed by atoms with Gasteiger partial charge in [0.05, 0.1) is 13.7 Å². The van der Waals surface area contributed by atoms with Gasteiger partial charge in [0, 0.05) is 10.6 Å². The quantitative estimate of drug-likeness (QED) is 0.462. The maximum atomic E-state index is 9.00. The van der Waals surface area contributed by atoms with Crippen LogP contribution in [-0.4, -0.2) is 36.6 Å². The van der Waals surface area contributed by atoms with Crippen LogP contribution in [0.15, 0.2) is 53.4 Å². The predicted octanol–water partition coefficient (Wildman–Crippen LogP) is 1.55. The number of para-hydroxylation sites is 1. The SMILES string of the molecule is COc1ccccc1SCCOc1ccc(B(O)O)cc1. The Balaban J connectivity index is 1.79.